The maximum absolute atomic E-state index is 11.9. The summed E-state index contributed by atoms with van der Waals surface area (Å²) >= 11 is 6.87. The highest BCUT2D eigenvalue weighted by Crippen LogP contribution is 2.18. The van der Waals surface area contributed by atoms with Crippen LogP contribution in [0.1, 0.15) is 21.7 Å². The molecular weight excluding hydrogens is 326 g/mol. The van der Waals surface area contributed by atoms with Gasteiger partial charge in [-0.15, -0.1) is 10.2 Å². The quantitative estimate of drug-likeness (QED) is 0.665. The molecule has 0 fully saturated rings. The van der Waals surface area contributed by atoms with E-state index in [0.717, 1.165) is 17.1 Å². The number of carbonyl (C=O) groups is 1. The van der Waals surface area contributed by atoms with E-state index in [1.54, 1.807) is 4.68 Å². The Morgan fingerprint density at radius 1 is 1.27 bits per heavy atom. The van der Waals surface area contributed by atoms with Gasteiger partial charge in [0.05, 0.1) is 12.7 Å². The van der Waals surface area contributed by atoms with Crippen LogP contribution in [0.25, 0.3) is 0 Å². The number of benzene rings is 1. The van der Waals surface area contributed by atoms with Crippen LogP contribution in [0.15, 0.2) is 36.5 Å². The average Bonchev–Trinajstić information content (AvgIpc) is 3.15. The van der Waals surface area contributed by atoms with Gasteiger partial charge in [-0.3, -0.25) is 0 Å². The summed E-state index contributed by atoms with van der Waals surface area (Å²) < 4.78 is 10.7. The van der Waals surface area contributed by atoms with Gasteiger partial charge in [0.25, 0.3) is 0 Å². The predicted molar refractivity (Wildman–Crippen MR) is 79.6 cm³/mol. The minimum Gasteiger partial charge on any atom is -0.454 e. The molecule has 1 aromatic carbocycles. The Morgan fingerprint density at radius 2 is 2.09 bits per heavy atom. The largest absolute Gasteiger partial charge is 0.454 e. The lowest BCUT2D eigenvalue weighted by atomic mass is 10.2. The first-order chi connectivity index (χ1) is 10.7. The van der Waals surface area contributed by atoms with Gasteiger partial charge >= 0.3 is 5.97 Å². The third-order valence-corrected chi connectivity index (χ3v) is 3.77. The molecule has 0 saturated carbocycles. The lowest BCUT2D eigenvalue weighted by molar-refractivity contribution is 0.0461. The van der Waals surface area contributed by atoms with Crippen LogP contribution in [-0.2, 0) is 17.9 Å². The van der Waals surface area contributed by atoms with Crippen LogP contribution in [0, 0.1) is 0 Å². The van der Waals surface area contributed by atoms with Crippen molar-refractivity contribution in [3.05, 3.63) is 57.8 Å². The number of ether oxygens (including phenoxy) is 1. The third kappa shape index (κ3) is 3.46. The van der Waals surface area contributed by atoms with E-state index >= 15 is 0 Å². The summed E-state index contributed by atoms with van der Waals surface area (Å²) in [5.41, 5.74) is 1.62. The van der Waals surface area contributed by atoms with Gasteiger partial charge in [-0.25, -0.2) is 9.48 Å². The highest BCUT2D eigenvalue weighted by atomic mass is 35.5. The lowest BCUT2D eigenvalue weighted by Crippen LogP contribution is -2.06. The molecule has 2 heterocycles. The van der Waals surface area contributed by atoms with Crippen LogP contribution in [0.3, 0.4) is 0 Å². The Bertz CT molecular complexity index is 774. The van der Waals surface area contributed by atoms with E-state index in [4.69, 9.17) is 16.3 Å². The zero-order valence-corrected chi connectivity index (χ0v) is 12.8. The van der Waals surface area contributed by atoms with Crippen LogP contribution in [-0.4, -0.2) is 30.6 Å². The highest BCUT2D eigenvalue weighted by molar-refractivity contribution is 7.10. The first-order valence-corrected chi connectivity index (χ1v) is 7.45. The maximum Gasteiger partial charge on any atom is 0.360 e. The average molecular weight is 336 g/mol. The Labute approximate surface area is 134 Å². The summed E-state index contributed by atoms with van der Waals surface area (Å²) in [7, 11) is 0. The smallest absolute Gasteiger partial charge is 0.360 e. The van der Waals surface area contributed by atoms with Gasteiger partial charge in [-0.05, 0) is 5.56 Å². The molecule has 0 amide bonds. The van der Waals surface area contributed by atoms with Gasteiger partial charge < -0.3 is 4.74 Å². The minimum atomic E-state index is -0.580. The fraction of sp³-hybridized carbons (Fsp3) is 0.154. The van der Waals surface area contributed by atoms with Crippen molar-refractivity contribution in [2.45, 2.75) is 13.2 Å². The molecule has 3 aromatic rings. The van der Waals surface area contributed by atoms with Crippen molar-refractivity contribution in [3.8, 4) is 0 Å². The van der Waals surface area contributed by atoms with E-state index in [-0.39, 0.29) is 12.3 Å². The molecule has 7 nitrogen and oxygen atoms in total. The van der Waals surface area contributed by atoms with Gasteiger partial charge in [0.2, 0.25) is 0 Å². The Kier molecular flexibility index (Phi) is 4.40. The fourth-order valence-electron chi connectivity index (χ4n) is 1.73. The minimum absolute atomic E-state index is 0.0420. The van der Waals surface area contributed by atoms with Gasteiger partial charge in [0, 0.05) is 11.5 Å². The predicted octanol–water partition coefficient (Wildman–Crippen LogP) is 2.19. The molecular formula is C13H10ClN5O2S. The number of hydrogen-bond acceptors (Lipinski definition) is 7. The molecule has 0 unspecified atom stereocenters. The number of rotatable bonds is 5. The second-order valence-corrected chi connectivity index (χ2v) is 5.71. The molecule has 112 valence electrons. The number of aromatic nitrogens is 5. The molecule has 0 N–H and O–H groups in total. The Morgan fingerprint density at radius 3 is 2.82 bits per heavy atom. The van der Waals surface area contributed by atoms with Crippen molar-refractivity contribution in [2.75, 3.05) is 0 Å². The summed E-state index contributed by atoms with van der Waals surface area (Å²) in [6.45, 7) is 0.489. The van der Waals surface area contributed by atoms with Crippen LogP contribution < -0.4 is 0 Å². The van der Waals surface area contributed by atoms with E-state index in [2.05, 4.69) is 19.9 Å². The zero-order valence-electron chi connectivity index (χ0n) is 11.2. The Hall–Kier alpha value is -2.32. The molecule has 0 atom stereocenters. The van der Waals surface area contributed by atoms with Gasteiger partial charge in [-0.2, -0.15) is 0 Å². The molecule has 3 rings (SSSR count). The highest BCUT2D eigenvalue weighted by Gasteiger charge is 2.15. The van der Waals surface area contributed by atoms with E-state index in [9.17, 15) is 4.79 Å². The van der Waals surface area contributed by atoms with Crippen molar-refractivity contribution in [2.24, 2.45) is 0 Å². The normalized spacial score (nSPS) is 10.6. The van der Waals surface area contributed by atoms with E-state index in [1.165, 1.54) is 6.20 Å². The van der Waals surface area contributed by atoms with E-state index < -0.39 is 5.97 Å². The first kappa shape index (κ1) is 14.6. The second-order valence-electron chi connectivity index (χ2n) is 4.36. The second kappa shape index (κ2) is 6.63. The zero-order chi connectivity index (χ0) is 15.4. The van der Waals surface area contributed by atoms with Gasteiger partial charge in [0.15, 0.2) is 5.69 Å². The molecule has 22 heavy (non-hydrogen) atoms. The van der Waals surface area contributed by atoms with Crippen molar-refractivity contribution < 1.29 is 9.53 Å². The van der Waals surface area contributed by atoms with Crippen molar-refractivity contribution >= 4 is 29.1 Å². The summed E-state index contributed by atoms with van der Waals surface area (Å²) in [5.74, 6) is -0.580. The van der Waals surface area contributed by atoms with Crippen LogP contribution in [0.2, 0.25) is 4.34 Å². The molecule has 0 bridgehead atoms. The molecule has 0 saturated heterocycles. The van der Waals surface area contributed by atoms with E-state index in [0.29, 0.717) is 16.6 Å². The van der Waals surface area contributed by atoms with Crippen molar-refractivity contribution in [3.63, 3.8) is 0 Å². The topological polar surface area (TPSA) is 82.8 Å². The lowest BCUT2D eigenvalue weighted by Gasteiger charge is -2.00. The van der Waals surface area contributed by atoms with Crippen LogP contribution in [0.4, 0.5) is 0 Å². The third-order valence-electron chi connectivity index (χ3n) is 2.78. The number of esters is 1. The summed E-state index contributed by atoms with van der Waals surface area (Å²) in [6, 6.07) is 9.75. The first-order valence-electron chi connectivity index (χ1n) is 6.30. The molecule has 0 radical (unpaired) electrons. The molecule has 9 heteroatoms. The SMILES string of the molecule is O=C(OCc1nnsc1Cl)c1cn(Cc2ccccc2)nn1. The summed E-state index contributed by atoms with van der Waals surface area (Å²) in [5, 5.41) is 11.5. The standard InChI is InChI=1S/C13H10ClN5O2S/c14-12-11(16-18-22-12)8-21-13(20)10-7-19(17-15-10)6-9-4-2-1-3-5-9/h1-5,7H,6,8H2. The molecule has 0 aliphatic heterocycles. The van der Waals surface area contributed by atoms with Crippen molar-refractivity contribution in [1.82, 2.24) is 24.6 Å². The maximum atomic E-state index is 11.9. The van der Waals surface area contributed by atoms with Crippen LogP contribution in [0.5, 0.6) is 0 Å². The number of hydrogen-bond donors (Lipinski definition) is 0. The number of halogens is 1. The Balaban J connectivity index is 1.61. The summed E-state index contributed by atoms with van der Waals surface area (Å²) in [4.78, 5) is 11.9. The molecule has 2 aromatic heterocycles. The number of nitrogens with zero attached hydrogens (tertiary/aromatic N) is 5. The monoisotopic (exact) mass is 335 g/mol. The van der Waals surface area contributed by atoms with Gasteiger partial charge in [0.1, 0.15) is 16.6 Å². The van der Waals surface area contributed by atoms with Gasteiger partial charge in [-0.1, -0.05) is 51.6 Å². The van der Waals surface area contributed by atoms with Crippen LogP contribution >= 0.6 is 23.1 Å². The summed E-state index contributed by atoms with van der Waals surface area (Å²) in [6.07, 6.45) is 1.54. The fourth-order valence-corrected chi connectivity index (χ4v) is 2.33. The number of carbonyl (C=O) groups excluding carboxylic acids is 1. The van der Waals surface area contributed by atoms with Crippen molar-refractivity contribution in [1.29, 1.82) is 0 Å². The molecule has 0 aliphatic carbocycles. The molecule has 0 spiro atoms. The molecule has 0 aliphatic rings. The van der Waals surface area contributed by atoms with E-state index in [1.807, 2.05) is 30.3 Å².